The average molecular weight is 290 g/mol. The molecule has 5 heteroatoms. The standard InChI is InChI=1S/C16H27BN2O2/c1-15(2)16(3,4)21-17(20-15)13-11-18-19(12-13)14-9-7-5-6-8-10-14/h11-12,14H,5-10H2,1-4H3. The van der Waals surface area contributed by atoms with E-state index in [0.717, 1.165) is 5.46 Å². The van der Waals surface area contributed by atoms with E-state index in [2.05, 4.69) is 43.7 Å². The molecule has 0 atom stereocenters. The molecule has 116 valence electrons. The Morgan fingerprint density at radius 3 is 2.19 bits per heavy atom. The molecule has 1 aliphatic carbocycles. The van der Waals surface area contributed by atoms with Crippen molar-refractivity contribution in [3.8, 4) is 0 Å². The third kappa shape index (κ3) is 2.91. The molecule has 0 spiro atoms. The molecule has 2 heterocycles. The fraction of sp³-hybridized carbons (Fsp3) is 0.812. The van der Waals surface area contributed by atoms with Gasteiger partial charge in [-0.2, -0.15) is 5.10 Å². The van der Waals surface area contributed by atoms with Gasteiger partial charge in [-0.3, -0.25) is 4.68 Å². The van der Waals surface area contributed by atoms with Crippen LogP contribution in [0.4, 0.5) is 0 Å². The van der Waals surface area contributed by atoms with Gasteiger partial charge in [-0.25, -0.2) is 0 Å². The van der Waals surface area contributed by atoms with Gasteiger partial charge in [0.15, 0.2) is 0 Å². The molecule has 2 aliphatic rings. The number of aromatic nitrogens is 2. The first-order chi connectivity index (χ1) is 9.89. The molecule has 0 unspecified atom stereocenters. The van der Waals surface area contributed by atoms with Crippen molar-refractivity contribution in [2.75, 3.05) is 0 Å². The second-order valence-electron chi connectivity index (χ2n) is 7.49. The molecular formula is C16H27BN2O2. The lowest BCUT2D eigenvalue weighted by Crippen LogP contribution is -2.41. The van der Waals surface area contributed by atoms with E-state index < -0.39 is 0 Å². The van der Waals surface area contributed by atoms with E-state index in [9.17, 15) is 0 Å². The van der Waals surface area contributed by atoms with Crippen molar-refractivity contribution in [2.45, 2.75) is 83.5 Å². The summed E-state index contributed by atoms with van der Waals surface area (Å²) in [6.45, 7) is 8.34. The minimum atomic E-state index is -0.297. The number of hydrogen-bond donors (Lipinski definition) is 0. The Balaban J connectivity index is 1.73. The van der Waals surface area contributed by atoms with Crippen LogP contribution < -0.4 is 5.46 Å². The second kappa shape index (κ2) is 5.43. The smallest absolute Gasteiger partial charge is 0.399 e. The van der Waals surface area contributed by atoms with Crippen molar-refractivity contribution in [3.63, 3.8) is 0 Å². The van der Waals surface area contributed by atoms with Gasteiger partial charge in [-0.15, -0.1) is 0 Å². The second-order valence-corrected chi connectivity index (χ2v) is 7.49. The predicted octanol–water partition coefficient (Wildman–Crippen LogP) is 3.08. The molecule has 0 N–H and O–H groups in total. The zero-order chi connectivity index (χ0) is 15.1. The summed E-state index contributed by atoms with van der Waals surface area (Å²) < 4.78 is 14.3. The molecule has 3 rings (SSSR count). The summed E-state index contributed by atoms with van der Waals surface area (Å²) in [5, 5.41) is 4.58. The molecule has 1 aromatic heterocycles. The van der Waals surface area contributed by atoms with Crippen LogP contribution in [0.1, 0.15) is 72.3 Å². The Bertz CT molecular complexity index is 474. The van der Waals surface area contributed by atoms with Gasteiger partial charge < -0.3 is 9.31 Å². The van der Waals surface area contributed by atoms with Crippen LogP contribution in [0, 0.1) is 0 Å². The Morgan fingerprint density at radius 2 is 1.62 bits per heavy atom. The highest BCUT2D eigenvalue weighted by molar-refractivity contribution is 6.61. The van der Waals surface area contributed by atoms with Crippen LogP contribution in [-0.4, -0.2) is 28.1 Å². The van der Waals surface area contributed by atoms with Gasteiger partial charge in [0.05, 0.1) is 17.2 Å². The van der Waals surface area contributed by atoms with Crippen molar-refractivity contribution < 1.29 is 9.31 Å². The SMILES string of the molecule is CC1(C)OB(c2cnn(C3CCCCCC3)c2)OC1(C)C. The maximum absolute atomic E-state index is 6.10. The van der Waals surface area contributed by atoms with E-state index in [1.807, 2.05) is 6.20 Å². The molecule has 0 aromatic carbocycles. The quantitative estimate of drug-likeness (QED) is 0.620. The Kier molecular flexibility index (Phi) is 3.91. The first-order valence-electron chi connectivity index (χ1n) is 8.29. The van der Waals surface area contributed by atoms with Crippen LogP contribution in [0.2, 0.25) is 0 Å². The van der Waals surface area contributed by atoms with E-state index in [4.69, 9.17) is 9.31 Å². The molecular weight excluding hydrogens is 263 g/mol. The monoisotopic (exact) mass is 290 g/mol. The minimum Gasteiger partial charge on any atom is -0.399 e. The molecule has 1 saturated heterocycles. The molecule has 1 aliphatic heterocycles. The van der Waals surface area contributed by atoms with E-state index in [-0.39, 0.29) is 18.3 Å². The lowest BCUT2D eigenvalue weighted by atomic mass is 9.82. The molecule has 2 fully saturated rings. The average Bonchev–Trinajstić information content (AvgIpc) is 2.83. The van der Waals surface area contributed by atoms with Gasteiger partial charge >= 0.3 is 7.12 Å². The minimum absolute atomic E-state index is 0.290. The highest BCUT2D eigenvalue weighted by atomic mass is 16.7. The van der Waals surface area contributed by atoms with Gasteiger partial charge in [-0.05, 0) is 40.5 Å². The van der Waals surface area contributed by atoms with E-state index in [0.29, 0.717) is 6.04 Å². The fourth-order valence-electron chi connectivity index (χ4n) is 3.18. The first-order valence-corrected chi connectivity index (χ1v) is 8.29. The Hall–Kier alpha value is -0.805. The summed E-state index contributed by atoms with van der Waals surface area (Å²) in [6.07, 6.45) is 11.9. The molecule has 1 aromatic rings. The van der Waals surface area contributed by atoms with Gasteiger partial charge in [0, 0.05) is 17.9 Å². The van der Waals surface area contributed by atoms with Gasteiger partial charge in [0.25, 0.3) is 0 Å². The highest BCUT2D eigenvalue weighted by Crippen LogP contribution is 2.36. The van der Waals surface area contributed by atoms with E-state index >= 15 is 0 Å². The third-order valence-corrected chi connectivity index (χ3v) is 5.35. The molecule has 0 amide bonds. The fourth-order valence-corrected chi connectivity index (χ4v) is 3.18. The predicted molar refractivity (Wildman–Crippen MR) is 84.7 cm³/mol. The van der Waals surface area contributed by atoms with Crippen LogP contribution in [0.5, 0.6) is 0 Å². The summed E-state index contributed by atoms with van der Waals surface area (Å²) in [5.74, 6) is 0. The van der Waals surface area contributed by atoms with Gasteiger partial charge in [-0.1, -0.05) is 25.7 Å². The largest absolute Gasteiger partial charge is 0.498 e. The zero-order valence-electron chi connectivity index (χ0n) is 13.8. The lowest BCUT2D eigenvalue weighted by Gasteiger charge is -2.32. The highest BCUT2D eigenvalue weighted by Gasteiger charge is 2.52. The first kappa shape index (κ1) is 15.1. The zero-order valence-corrected chi connectivity index (χ0v) is 13.8. The van der Waals surface area contributed by atoms with Crippen molar-refractivity contribution in [2.24, 2.45) is 0 Å². The van der Waals surface area contributed by atoms with Crippen LogP contribution in [0.15, 0.2) is 12.4 Å². The van der Waals surface area contributed by atoms with E-state index in [1.54, 1.807) is 0 Å². The summed E-state index contributed by atoms with van der Waals surface area (Å²) in [4.78, 5) is 0. The van der Waals surface area contributed by atoms with Crippen molar-refractivity contribution >= 4 is 12.6 Å². The summed E-state index contributed by atoms with van der Waals surface area (Å²) >= 11 is 0. The van der Waals surface area contributed by atoms with Gasteiger partial charge in [0.1, 0.15) is 0 Å². The number of hydrogen-bond acceptors (Lipinski definition) is 3. The maximum atomic E-state index is 6.10. The number of nitrogens with zero attached hydrogens (tertiary/aromatic N) is 2. The van der Waals surface area contributed by atoms with Crippen LogP contribution >= 0.6 is 0 Å². The normalized spacial score (nSPS) is 26.0. The topological polar surface area (TPSA) is 36.3 Å². The summed E-state index contributed by atoms with van der Waals surface area (Å²) in [6, 6.07) is 0.545. The van der Waals surface area contributed by atoms with Crippen molar-refractivity contribution in [1.82, 2.24) is 9.78 Å². The lowest BCUT2D eigenvalue weighted by molar-refractivity contribution is 0.00578. The molecule has 4 nitrogen and oxygen atoms in total. The Morgan fingerprint density at radius 1 is 1.05 bits per heavy atom. The van der Waals surface area contributed by atoms with E-state index in [1.165, 1.54) is 38.5 Å². The molecule has 0 radical (unpaired) electrons. The number of rotatable bonds is 2. The summed E-state index contributed by atoms with van der Waals surface area (Å²) in [7, 11) is -0.297. The summed E-state index contributed by atoms with van der Waals surface area (Å²) in [5.41, 5.74) is 0.461. The van der Waals surface area contributed by atoms with Crippen LogP contribution in [0.3, 0.4) is 0 Å². The molecule has 1 saturated carbocycles. The van der Waals surface area contributed by atoms with Crippen molar-refractivity contribution in [3.05, 3.63) is 12.4 Å². The molecule has 0 bridgehead atoms. The van der Waals surface area contributed by atoms with Gasteiger partial charge in [0.2, 0.25) is 0 Å². The molecule has 21 heavy (non-hydrogen) atoms. The Labute approximate surface area is 128 Å². The van der Waals surface area contributed by atoms with Crippen LogP contribution in [-0.2, 0) is 9.31 Å². The van der Waals surface area contributed by atoms with Crippen LogP contribution in [0.25, 0.3) is 0 Å². The third-order valence-electron chi connectivity index (χ3n) is 5.35. The van der Waals surface area contributed by atoms with Crippen molar-refractivity contribution in [1.29, 1.82) is 0 Å². The maximum Gasteiger partial charge on any atom is 0.498 e.